The molecule has 40 heavy (non-hydrogen) atoms. The van der Waals surface area contributed by atoms with Crippen LogP contribution in [0.3, 0.4) is 0 Å². The van der Waals surface area contributed by atoms with E-state index in [0.29, 0.717) is 47.5 Å². The van der Waals surface area contributed by atoms with Crippen molar-refractivity contribution in [3.05, 3.63) is 132 Å². The van der Waals surface area contributed by atoms with Crippen molar-refractivity contribution in [1.82, 2.24) is 10.5 Å². The minimum absolute atomic E-state index is 0.169. The average molecular weight is 536 g/mol. The van der Waals surface area contributed by atoms with Crippen LogP contribution in [0.25, 0.3) is 0 Å². The van der Waals surface area contributed by atoms with Gasteiger partial charge in [-0.05, 0) is 42.3 Å². The fraction of sp³-hybridized carbons (Fsp3) is 0.125. The zero-order valence-electron chi connectivity index (χ0n) is 21.9. The predicted octanol–water partition coefficient (Wildman–Crippen LogP) is 6.70. The number of nitrogen functional groups attached to an aromatic ring is 1. The topological polar surface area (TPSA) is 109 Å². The average Bonchev–Trinajstić information content (AvgIpc) is 3.53. The van der Waals surface area contributed by atoms with Crippen LogP contribution >= 0.6 is 0 Å². The zero-order chi connectivity index (χ0) is 27.7. The summed E-state index contributed by atoms with van der Waals surface area (Å²) in [6.07, 6.45) is 1.35. The molecule has 0 radical (unpaired) electrons. The van der Waals surface area contributed by atoms with E-state index in [1.165, 1.54) is 12.3 Å². The Balaban J connectivity index is 1.52. The molecule has 1 atom stereocenters. The summed E-state index contributed by atoms with van der Waals surface area (Å²) in [6.45, 7) is 2.52. The van der Waals surface area contributed by atoms with Gasteiger partial charge in [-0.1, -0.05) is 65.8 Å². The Morgan fingerprint density at radius 1 is 0.825 bits per heavy atom. The smallest absolute Gasteiger partial charge is 0.273 e. The highest BCUT2D eigenvalue weighted by molar-refractivity contribution is 5.92. The monoisotopic (exact) mass is 535 g/mol. The van der Waals surface area contributed by atoms with Crippen LogP contribution in [0.4, 0.5) is 5.69 Å². The lowest BCUT2D eigenvalue weighted by Crippen LogP contribution is -2.27. The van der Waals surface area contributed by atoms with E-state index in [0.717, 1.165) is 11.1 Å². The maximum atomic E-state index is 12.9. The van der Waals surface area contributed by atoms with Crippen LogP contribution in [0.1, 0.15) is 40.1 Å². The van der Waals surface area contributed by atoms with Crippen molar-refractivity contribution < 1.29 is 23.5 Å². The van der Waals surface area contributed by atoms with E-state index in [1.807, 2.05) is 73.7 Å². The van der Waals surface area contributed by atoms with E-state index in [-0.39, 0.29) is 5.69 Å². The lowest BCUT2D eigenvalue weighted by atomic mass is 10.0. The van der Waals surface area contributed by atoms with Crippen LogP contribution in [-0.2, 0) is 13.2 Å². The van der Waals surface area contributed by atoms with Crippen molar-refractivity contribution >= 4 is 11.6 Å². The van der Waals surface area contributed by atoms with Crippen LogP contribution in [0, 0.1) is 0 Å². The van der Waals surface area contributed by atoms with Crippen LogP contribution in [0.15, 0.2) is 114 Å². The van der Waals surface area contributed by atoms with Gasteiger partial charge in [0.15, 0.2) is 5.69 Å². The minimum Gasteiger partial charge on any atom is -0.489 e. The summed E-state index contributed by atoms with van der Waals surface area (Å²) >= 11 is 0. The standard InChI is InChI=1S/C32H29N3O5/c1-22(34-32(36)28-16-17-39-35-28)31-29(38-21-24-10-6-3-7-11-24)18-27(37-20-23-8-4-2-5-9-23)19-30(31)40-26-14-12-25(33)13-15-26/h2-19,22H,20-21,33H2,1H3,(H,34,36). The molecule has 1 heterocycles. The molecular weight excluding hydrogens is 506 g/mol. The summed E-state index contributed by atoms with van der Waals surface area (Å²) in [5.41, 5.74) is 9.31. The highest BCUT2D eigenvalue weighted by Crippen LogP contribution is 2.41. The number of amides is 1. The lowest BCUT2D eigenvalue weighted by molar-refractivity contribution is 0.0930. The van der Waals surface area contributed by atoms with Crippen LogP contribution in [-0.4, -0.2) is 11.1 Å². The number of nitrogens with two attached hydrogens (primary N) is 1. The number of benzene rings is 4. The molecule has 1 aromatic heterocycles. The first-order valence-corrected chi connectivity index (χ1v) is 12.8. The Hall–Kier alpha value is -5.24. The normalized spacial score (nSPS) is 11.4. The van der Waals surface area contributed by atoms with Gasteiger partial charge in [-0.15, -0.1) is 0 Å². The number of carbonyl (C=O) groups is 1. The largest absolute Gasteiger partial charge is 0.489 e. The summed E-state index contributed by atoms with van der Waals surface area (Å²) in [7, 11) is 0. The molecule has 0 saturated carbocycles. The van der Waals surface area contributed by atoms with Gasteiger partial charge >= 0.3 is 0 Å². The Kier molecular flexibility index (Phi) is 8.26. The summed E-state index contributed by atoms with van der Waals surface area (Å²) in [5.74, 6) is 1.70. The SMILES string of the molecule is CC(NC(=O)c1ccon1)c1c(OCc2ccccc2)cc(OCc2ccccc2)cc1Oc1ccc(N)cc1. The lowest BCUT2D eigenvalue weighted by Gasteiger charge is -2.23. The number of ether oxygens (including phenoxy) is 3. The predicted molar refractivity (Wildman–Crippen MR) is 151 cm³/mol. The Bertz CT molecular complexity index is 1520. The first-order valence-electron chi connectivity index (χ1n) is 12.8. The molecule has 0 aliphatic rings. The highest BCUT2D eigenvalue weighted by Gasteiger charge is 2.24. The van der Waals surface area contributed by atoms with E-state index in [9.17, 15) is 4.79 Å². The van der Waals surface area contributed by atoms with Gasteiger partial charge in [-0.25, -0.2) is 0 Å². The van der Waals surface area contributed by atoms with Crippen LogP contribution in [0.5, 0.6) is 23.0 Å². The number of anilines is 1. The molecule has 8 nitrogen and oxygen atoms in total. The molecule has 0 saturated heterocycles. The fourth-order valence-corrected chi connectivity index (χ4v) is 4.10. The number of hydrogen-bond acceptors (Lipinski definition) is 7. The number of aromatic nitrogens is 1. The van der Waals surface area contributed by atoms with Crippen LogP contribution < -0.4 is 25.3 Å². The molecule has 0 aliphatic carbocycles. The number of hydrogen-bond donors (Lipinski definition) is 2. The number of rotatable bonds is 11. The van der Waals surface area contributed by atoms with Gasteiger partial charge in [0.05, 0.1) is 11.6 Å². The minimum atomic E-state index is -0.526. The van der Waals surface area contributed by atoms with E-state index in [1.54, 1.807) is 30.3 Å². The maximum Gasteiger partial charge on any atom is 0.273 e. The number of nitrogens with zero attached hydrogens (tertiary/aromatic N) is 1. The van der Waals surface area contributed by atoms with E-state index >= 15 is 0 Å². The van der Waals surface area contributed by atoms with Gasteiger partial charge in [-0.3, -0.25) is 4.79 Å². The first kappa shape index (κ1) is 26.4. The molecule has 5 rings (SSSR count). The third-order valence-corrected chi connectivity index (χ3v) is 6.12. The van der Waals surface area contributed by atoms with Gasteiger partial charge in [-0.2, -0.15) is 0 Å². The molecule has 202 valence electrons. The molecule has 8 heteroatoms. The van der Waals surface area contributed by atoms with Crippen molar-refractivity contribution in [3.8, 4) is 23.0 Å². The van der Waals surface area contributed by atoms with Crippen molar-refractivity contribution in [2.45, 2.75) is 26.2 Å². The van der Waals surface area contributed by atoms with E-state index < -0.39 is 11.9 Å². The van der Waals surface area contributed by atoms with Gasteiger partial charge in [0, 0.05) is 23.9 Å². The van der Waals surface area contributed by atoms with Gasteiger partial charge in [0.1, 0.15) is 42.5 Å². The second kappa shape index (κ2) is 12.5. The van der Waals surface area contributed by atoms with Crippen molar-refractivity contribution in [2.75, 3.05) is 5.73 Å². The summed E-state index contributed by atoms with van der Waals surface area (Å²) in [6, 6.07) is 31.4. The third kappa shape index (κ3) is 6.79. The first-order chi connectivity index (χ1) is 19.5. The molecule has 5 aromatic rings. The summed E-state index contributed by atoms with van der Waals surface area (Å²) in [5, 5.41) is 6.71. The number of carbonyl (C=O) groups excluding carboxylic acids is 1. The zero-order valence-corrected chi connectivity index (χ0v) is 21.9. The molecule has 3 N–H and O–H groups in total. The molecule has 0 fully saturated rings. The maximum absolute atomic E-state index is 12.9. The van der Waals surface area contributed by atoms with Crippen molar-refractivity contribution in [1.29, 1.82) is 0 Å². The molecule has 0 spiro atoms. The summed E-state index contributed by atoms with van der Waals surface area (Å²) < 4.78 is 23.7. The van der Waals surface area contributed by atoms with E-state index in [4.69, 9.17) is 24.5 Å². The molecular formula is C32H29N3O5. The van der Waals surface area contributed by atoms with Crippen molar-refractivity contribution in [2.24, 2.45) is 0 Å². The van der Waals surface area contributed by atoms with Gasteiger partial charge in [0.2, 0.25) is 0 Å². The van der Waals surface area contributed by atoms with Crippen molar-refractivity contribution in [3.63, 3.8) is 0 Å². The van der Waals surface area contributed by atoms with Gasteiger partial charge < -0.3 is 29.8 Å². The second-order valence-electron chi connectivity index (χ2n) is 9.13. The third-order valence-electron chi connectivity index (χ3n) is 6.12. The molecule has 0 bridgehead atoms. The molecule has 1 unspecified atom stereocenters. The highest BCUT2D eigenvalue weighted by atomic mass is 16.5. The molecule has 4 aromatic carbocycles. The fourth-order valence-electron chi connectivity index (χ4n) is 4.10. The Morgan fingerprint density at radius 3 is 2.08 bits per heavy atom. The van der Waals surface area contributed by atoms with Gasteiger partial charge in [0.25, 0.3) is 5.91 Å². The van der Waals surface area contributed by atoms with Crippen LogP contribution in [0.2, 0.25) is 0 Å². The Morgan fingerprint density at radius 2 is 1.45 bits per heavy atom. The number of nitrogens with one attached hydrogen (secondary N) is 1. The molecule has 0 aliphatic heterocycles. The second-order valence-corrected chi connectivity index (χ2v) is 9.13. The quantitative estimate of drug-likeness (QED) is 0.181. The molecule has 1 amide bonds. The summed E-state index contributed by atoms with van der Waals surface area (Å²) in [4.78, 5) is 12.9. The Labute approximate surface area is 232 Å². The van der Waals surface area contributed by atoms with E-state index in [2.05, 4.69) is 10.5 Å².